The molecule has 3 aromatic heterocycles. The molecule has 1 N–H and O–H groups in total. The van der Waals surface area contributed by atoms with Gasteiger partial charge in [0, 0.05) is 36.1 Å². The predicted octanol–water partition coefficient (Wildman–Crippen LogP) is 3.40. The van der Waals surface area contributed by atoms with E-state index in [0.29, 0.717) is 28.4 Å². The number of ether oxygens (including phenoxy) is 1. The first-order chi connectivity index (χ1) is 13.2. The molecule has 1 atom stereocenters. The third-order valence-electron chi connectivity index (χ3n) is 4.77. The minimum Gasteiger partial charge on any atom is -0.489 e. The molecule has 0 radical (unpaired) electrons. The zero-order valence-electron chi connectivity index (χ0n) is 15.6. The smallest absolute Gasteiger partial charge is 0.345 e. The van der Waals surface area contributed by atoms with Gasteiger partial charge in [0.05, 0.1) is 11.3 Å². The Bertz CT molecular complexity index is 1220. The van der Waals surface area contributed by atoms with Crippen molar-refractivity contribution in [3.05, 3.63) is 58.8 Å². The summed E-state index contributed by atoms with van der Waals surface area (Å²) in [4.78, 5) is 21.4. The molecule has 0 unspecified atom stereocenters. The fourth-order valence-corrected chi connectivity index (χ4v) is 3.35. The van der Waals surface area contributed by atoms with E-state index in [4.69, 9.17) is 9.15 Å². The molecule has 7 nitrogen and oxygen atoms in total. The summed E-state index contributed by atoms with van der Waals surface area (Å²) in [7, 11) is 0. The molecule has 1 aliphatic heterocycles. The number of imidazole rings is 1. The molecule has 1 fully saturated rings. The van der Waals surface area contributed by atoms with Gasteiger partial charge in [0.1, 0.15) is 17.4 Å². The largest absolute Gasteiger partial charge is 0.489 e. The Hall–Kier alpha value is -2.61. The molecular formula is C20H20Cl2N4O3. The molecule has 4 aromatic rings. The summed E-state index contributed by atoms with van der Waals surface area (Å²) in [6.45, 7) is 3.70. The molecule has 5 rings (SSSR count). The summed E-state index contributed by atoms with van der Waals surface area (Å²) in [5.41, 5.74) is 1.91. The summed E-state index contributed by atoms with van der Waals surface area (Å²) in [6, 6.07) is 9.27. The lowest BCUT2D eigenvalue weighted by Crippen LogP contribution is -2.19. The van der Waals surface area contributed by atoms with Crippen LogP contribution in [0.25, 0.3) is 28.0 Å². The highest BCUT2D eigenvalue weighted by Gasteiger charge is 2.17. The molecule has 0 spiro atoms. The Labute approximate surface area is 178 Å². The van der Waals surface area contributed by atoms with E-state index in [1.165, 1.54) is 0 Å². The second kappa shape index (κ2) is 8.41. The number of hydrogen-bond donors (Lipinski definition) is 1. The van der Waals surface area contributed by atoms with Crippen LogP contribution in [0.4, 0.5) is 0 Å². The highest BCUT2D eigenvalue weighted by molar-refractivity contribution is 5.85. The van der Waals surface area contributed by atoms with Gasteiger partial charge in [-0.25, -0.2) is 14.8 Å². The number of rotatable bonds is 3. The van der Waals surface area contributed by atoms with E-state index in [2.05, 4.69) is 15.3 Å². The first-order valence-corrected chi connectivity index (χ1v) is 8.94. The molecule has 4 heterocycles. The molecule has 0 saturated carbocycles. The van der Waals surface area contributed by atoms with Gasteiger partial charge in [0.25, 0.3) is 0 Å². The highest BCUT2D eigenvalue weighted by Crippen LogP contribution is 2.25. The van der Waals surface area contributed by atoms with Crippen molar-refractivity contribution in [1.82, 2.24) is 19.7 Å². The summed E-state index contributed by atoms with van der Waals surface area (Å²) in [6.07, 6.45) is 4.79. The van der Waals surface area contributed by atoms with Crippen LogP contribution in [0, 0.1) is 6.92 Å². The van der Waals surface area contributed by atoms with Gasteiger partial charge in [-0.05, 0) is 44.2 Å². The number of nitrogens with one attached hydrogen (secondary N) is 1. The standard InChI is InChI=1S/C20H18N4O3.2ClH/c1-12-5-7-24-11-17(23-20(24)22-12)16-8-13-2-3-14(9-18(13)27-19(16)25)26-15-4-6-21-10-15;;/h2-3,5,7-9,11,15,21H,4,6,10H2,1H3;2*1H/t15-;;/m1../s1. The van der Waals surface area contributed by atoms with E-state index >= 15 is 0 Å². The van der Waals surface area contributed by atoms with Crippen molar-refractivity contribution in [2.24, 2.45) is 0 Å². The number of aromatic nitrogens is 3. The number of nitrogens with zero attached hydrogens (tertiary/aromatic N) is 3. The zero-order valence-corrected chi connectivity index (χ0v) is 17.3. The van der Waals surface area contributed by atoms with Crippen LogP contribution < -0.4 is 15.7 Å². The number of benzene rings is 1. The van der Waals surface area contributed by atoms with Crippen molar-refractivity contribution in [3.63, 3.8) is 0 Å². The summed E-state index contributed by atoms with van der Waals surface area (Å²) < 4.78 is 13.3. The average molecular weight is 435 g/mol. The van der Waals surface area contributed by atoms with E-state index < -0.39 is 5.63 Å². The number of aryl methyl sites for hydroxylation is 1. The quantitative estimate of drug-likeness (QED) is 0.497. The second-order valence-corrected chi connectivity index (χ2v) is 6.78. The molecule has 1 aliphatic rings. The molecule has 0 bridgehead atoms. The van der Waals surface area contributed by atoms with Crippen LogP contribution in [0.2, 0.25) is 0 Å². The van der Waals surface area contributed by atoms with Gasteiger partial charge in [-0.3, -0.25) is 4.40 Å². The Morgan fingerprint density at radius 3 is 2.86 bits per heavy atom. The first-order valence-electron chi connectivity index (χ1n) is 8.94. The van der Waals surface area contributed by atoms with Crippen molar-refractivity contribution in [1.29, 1.82) is 0 Å². The van der Waals surface area contributed by atoms with E-state index in [9.17, 15) is 4.79 Å². The van der Waals surface area contributed by atoms with Crippen molar-refractivity contribution < 1.29 is 9.15 Å². The van der Waals surface area contributed by atoms with Gasteiger partial charge in [0.15, 0.2) is 0 Å². The molecule has 0 amide bonds. The average Bonchev–Trinajstić information content (AvgIpc) is 3.30. The van der Waals surface area contributed by atoms with Crippen molar-refractivity contribution in [2.45, 2.75) is 19.4 Å². The highest BCUT2D eigenvalue weighted by atomic mass is 35.5. The van der Waals surface area contributed by atoms with Gasteiger partial charge in [0.2, 0.25) is 5.78 Å². The summed E-state index contributed by atoms with van der Waals surface area (Å²) in [5.74, 6) is 1.26. The van der Waals surface area contributed by atoms with Crippen molar-refractivity contribution in [3.8, 4) is 17.0 Å². The maximum absolute atomic E-state index is 12.5. The third kappa shape index (κ3) is 4.07. The lowest BCUT2D eigenvalue weighted by atomic mass is 10.1. The van der Waals surface area contributed by atoms with E-state index in [0.717, 1.165) is 30.6 Å². The van der Waals surface area contributed by atoms with Crippen LogP contribution >= 0.6 is 24.8 Å². The SMILES string of the molecule is Cc1ccn2cc(-c3cc4ccc(O[C@@H]5CCNC5)cc4oc3=O)nc2n1.Cl.Cl. The van der Waals surface area contributed by atoms with Crippen LogP contribution in [-0.4, -0.2) is 33.6 Å². The van der Waals surface area contributed by atoms with Gasteiger partial charge in [-0.1, -0.05) is 0 Å². The van der Waals surface area contributed by atoms with Crippen LogP contribution in [0.5, 0.6) is 5.75 Å². The van der Waals surface area contributed by atoms with Gasteiger partial charge in [-0.15, -0.1) is 24.8 Å². The first kappa shape index (κ1) is 21.1. The van der Waals surface area contributed by atoms with Gasteiger partial charge in [-0.2, -0.15) is 0 Å². The fraction of sp³-hybridized carbons (Fsp3) is 0.250. The molecule has 29 heavy (non-hydrogen) atoms. The number of halogens is 2. The fourth-order valence-electron chi connectivity index (χ4n) is 3.35. The lowest BCUT2D eigenvalue weighted by Gasteiger charge is -2.12. The molecule has 1 aromatic carbocycles. The number of fused-ring (bicyclic) bond motifs is 2. The van der Waals surface area contributed by atoms with Crippen LogP contribution in [0.15, 0.2) is 51.9 Å². The van der Waals surface area contributed by atoms with E-state index in [-0.39, 0.29) is 30.9 Å². The van der Waals surface area contributed by atoms with Gasteiger partial charge < -0.3 is 14.5 Å². The van der Waals surface area contributed by atoms with Gasteiger partial charge >= 0.3 is 5.63 Å². The van der Waals surface area contributed by atoms with Crippen molar-refractivity contribution in [2.75, 3.05) is 13.1 Å². The van der Waals surface area contributed by atoms with E-state index in [1.54, 1.807) is 22.7 Å². The van der Waals surface area contributed by atoms with Crippen LogP contribution in [0.1, 0.15) is 12.1 Å². The third-order valence-corrected chi connectivity index (χ3v) is 4.77. The Morgan fingerprint density at radius 2 is 2.07 bits per heavy atom. The summed E-state index contributed by atoms with van der Waals surface area (Å²) in [5, 5.41) is 4.09. The maximum atomic E-state index is 12.5. The van der Waals surface area contributed by atoms with E-state index in [1.807, 2.05) is 31.3 Å². The topological polar surface area (TPSA) is 81.7 Å². The molecule has 9 heteroatoms. The lowest BCUT2D eigenvalue weighted by molar-refractivity contribution is 0.223. The monoisotopic (exact) mass is 434 g/mol. The Balaban J connectivity index is 0.00000120. The summed E-state index contributed by atoms with van der Waals surface area (Å²) >= 11 is 0. The minimum absolute atomic E-state index is 0. The number of hydrogen-bond acceptors (Lipinski definition) is 6. The molecule has 152 valence electrons. The second-order valence-electron chi connectivity index (χ2n) is 6.78. The normalized spacial score (nSPS) is 15.8. The van der Waals surface area contributed by atoms with Crippen molar-refractivity contribution >= 4 is 41.6 Å². The van der Waals surface area contributed by atoms with Crippen LogP contribution in [0.3, 0.4) is 0 Å². The maximum Gasteiger partial charge on any atom is 0.345 e. The Morgan fingerprint density at radius 1 is 1.21 bits per heavy atom. The predicted molar refractivity (Wildman–Crippen MR) is 116 cm³/mol. The van der Waals surface area contributed by atoms with Crippen LogP contribution in [-0.2, 0) is 0 Å². The molecule has 0 aliphatic carbocycles. The Kier molecular flexibility index (Phi) is 6.12. The zero-order chi connectivity index (χ0) is 18.4. The molecular weight excluding hydrogens is 415 g/mol. The minimum atomic E-state index is -0.428. The molecule has 1 saturated heterocycles.